The van der Waals surface area contributed by atoms with E-state index in [1.165, 1.54) is 25.4 Å². The normalized spacial score (nSPS) is 17.7. The fraction of sp³-hybridized carbons (Fsp3) is 0.174. The predicted molar refractivity (Wildman–Crippen MR) is 110 cm³/mol. The zero-order valence-corrected chi connectivity index (χ0v) is 16.9. The quantitative estimate of drug-likeness (QED) is 0.371. The number of hydrogen-bond donors (Lipinski definition) is 1. The van der Waals surface area contributed by atoms with Gasteiger partial charge in [0, 0.05) is 18.5 Å². The topological polar surface area (TPSA) is 102 Å². The Labute approximate surface area is 178 Å². The van der Waals surface area contributed by atoms with Crippen molar-refractivity contribution in [2.24, 2.45) is 0 Å². The molecule has 8 heteroatoms. The van der Waals surface area contributed by atoms with E-state index >= 15 is 0 Å². The first-order chi connectivity index (χ1) is 15.0. The minimum atomic E-state index is -0.820. The van der Waals surface area contributed by atoms with Crippen molar-refractivity contribution < 1.29 is 28.6 Å². The summed E-state index contributed by atoms with van der Waals surface area (Å²) < 4.78 is 15.9. The van der Waals surface area contributed by atoms with Gasteiger partial charge in [-0.1, -0.05) is 0 Å². The molecular formula is C23H20N2O6. The molecule has 1 aliphatic heterocycles. The third-order valence-electron chi connectivity index (χ3n) is 5.13. The lowest BCUT2D eigenvalue weighted by Gasteiger charge is -2.24. The number of methoxy groups -OCH3 is 2. The van der Waals surface area contributed by atoms with E-state index in [1.54, 1.807) is 54.9 Å². The summed E-state index contributed by atoms with van der Waals surface area (Å²) >= 11 is 0. The highest BCUT2D eigenvalue weighted by atomic mass is 16.5. The Kier molecular flexibility index (Phi) is 5.44. The van der Waals surface area contributed by atoms with Crippen LogP contribution in [0.25, 0.3) is 5.76 Å². The van der Waals surface area contributed by atoms with Gasteiger partial charge < -0.3 is 23.9 Å². The number of ether oxygens (including phenoxy) is 2. The smallest absolute Gasteiger partial charge is 0.296 e. The number of rotatable bonds is 6. The summed E-state index contributed by atoms with van der Waals surface area (Å²) in [6.45, 7) is 0.0705. The molecule has 3 aromatic rings. The van der Waals surface area contributed by atoms with Gasteiger partial charge in [0.05, 0.1) is 44.2 Å². The lowest BCUT2D eigenvalue weighted by Crippen LogP contribution is -2.29. The summed E-state index contributed by atoms with van der Waals surface area (Å²) in [7, 11) is 2.96. The highest BCUT2D eigenvalue weighted by molar-refractivity contribution is 6.46. The molecule has 1 fully saturated rings. The minimum absolute atomic E-state index is 0.0359. The third-order valence-corrected chi connectivity index (χ3v) is 5.13. The van der Waals surface area contributed by atoms with E-state index in [2.05, 4.69) is 4.98 Å². The molecule has 31 heavy (non-hydrogen) atoms. The van der Waals surface area contributed by atoms with Crippen molar-refractivity contribution in [3.8, 4) is 11.5 Å². The van der Waals surface area contributed by atoms with E-state index in [0.29, 0.717) is 22.8 Å². The van der Waals surface area contributed by atoms with Gasteiger partial charge in [-0.15, -0.1) is 0 Å². The number of carbonyl (C=O) groups is 2. The number of nitrogens with zero attached hydrogens (tertiary/aromatic N) is 2. The molecule has 0 radical (unpaired) electrons. The maximum Gasteiger partial charge on any atom is 0.296 e. The molecule has 8 nitrogen and oxygen atoms in total. The van der Waals surface area contributed by atoms with Gasteiger partial charge in [-0.25, -0.2) is 0 Å². The van der Waals surface area contributed by atoms with Gasteiger partial charge in [0.2, 0.25) is 0 Å². The first-order valence-corrected chi connectivity index (χ1v) is 9.48. The van der Waals surface area contributed by atoms with E-state index in [0.717, 1.165) is 0 Å². The number of furan rings is 1. The van der Waals surface area contributed by atoms with Crippen LogP contribution in [0.1, 0.15) is 22.9 Å². The maximum absolute atomic E-state index is 13.0. The number of hydrogen-bond acceptors (Lipinski definition) is 7. The standard InChI is InChI=1S/C23H20N2O6/c1-29-15-5-6-17(18(12-15)30-2)21(26)19-20(14-7-9-24-10-8-14)25(23(28)22(19)27)13-16-4-3-11-31-16/h3-12,20,26H,13H2,1-2H3/b21-19-. The molecule has 1 amide bonds. The summed E-state index contributed by atoms with van der Waals surface area (Å²) in [5, 5.41) is 11.2. The van der Waals surface area contributed by atoms with E-state index in [-0.39, 0.29) is 23.4 Å². The van der Waals surface area contributed by atoms with Crippen molar-refractivity contribution in [1.82, 2.24) is 9.88 Å². The molecule has 0 bridgehead atoms. The number of pyridine rings is 1. The van der Waals surface area contributed by atoms with Crippen molar-refractivity contribution in [3.63, 3.8) is 0 Å². The highest BCUT2D eigenvalue weighted by Gasteiger charge is 2.46. The van der Waals surface area contributed by atoms with Gasteiger partial charge in [0.15, 0.2) is 0 Å². The van der Waals surface area contributed by atoms with Crippen LogP contribution in [-0.2, 0) is 16.1 Å². The molecule has 158 valence electrons. The number of aromatic nitrogens is 1. The Morgan fingerprint density at radius 1 is 1.13 bits per heavy atom. The minimum Gasteiger partial charge on any atom is -0.507 e. The highest BCUT2D eigenvalue weighted by Crippen LogP contribution is 2.42. The fourth-order valence-corrected chi connectivity index (χ4v) is 3.65. The van der Waals surface area contributed by atoms with Gasteiger partial charge in [-0.2, -0.15) is 0 Å². The second-order valence-electron chi connectivity index (χ2n) is 6.85. The SMILES string of the molecule is COc1ccc(/C(O)=C2/C(=O)C(=O)N(Cc3ccco3)C2c2ccncc2)c(OC)c1. The summed E-state index contributed by atoms with van der Waals surface area (Å²) in [5.74, 6) is -0.500. The van der Waals surface area contributed by atoms with Gasteiger partial charge in [-0.3, -0.25) is 14.6 Å². The van der Waals surface area contributed by atoms with Gasteiger partial charge in [0.1, 0.15) is 23.0 Å². The van der Waals surface area contributed by atoms with Crippen molar-refractivity contribution >= 4 is 17.4 Å². The number of Topliss-reactive ketones (excluding diaryl/α,β-unsaturated/α-hetero) is 1. The van der Waals surface area contributed by atoms with Crippen LogP contribution >= 0.6 is 0 Å². The molecule has 1 unspecified atom stereocenters. The van der Waals surface area contributed by atoms with Crippen molar-refractivity contribution in [3.05, 3.63) is 83.6 Å². The monoisotopic (exact) mass is 420 g/mol. The summed E-state index contributed by atoms with van der Waals surface area (Å²) in [4.78, 5) is 31.4. The van der Waals surface area contributed by atoms with Crippen molar-refractivity contribution in [2.75, 3.05) is 14.2 Å². The van der Waals surface area contributed by atoms with E-state index < -0.39 is 17.7 Å². The van der Waals surface area contributed by atoms with Crippen molar-refractivity contribution in [2.45, 2.75) is 12.6 Å². The number of aliphatic hydroxyl groups excluding tert-OH is 1. The van der Waals surface area contributed by atoms with Crippen LogP contribution in [0.15, 0.2) is 71.1 Å². The summed E-state index contributed by atoms with van der Waals surface area (Å²) in [5.41, 5.74) is 0.874. The number of amides is 1. The van der Waals surface area contributed by atoms with Gasteiger partial charge >= 0.3 is 0 Å². The zero-order chi connectivity index (χ0) is 22.0. The largest absolute Gasteiger partial charge is 0.507 e. The molecule has 4 rings (SSSR count). The average molecular weight is 420 g/mol. The van der Waals surface area contributed by atoms with Crippen LogP contribution in [0, 0.1) is 0 Å². The average Bonchev–Trinajstić information content (AvgIpc) is 3.41. The molecule has 0 spiro atoms. The molecule has 1 N–H and O–H groups in total. The first kappa shape index (κ1) is 20.2. The maximum atomic E-state index is 13.0. The molecule has 3 heterocycles. The van der Waals surface area contributed by atoms with Gasteiger partial charge in [-0.05, 0) is 42.0 Å². The van der Waals surface area contributed by atoms with Crippen LogP contribution in [-0.4, -0.2) is 40.9 Å². The molecule has 1 saturated heterocycles. The van der Waals surface area contributed by atoms with E-state index in [4.69, 9.17) is 13.9 Å². The van der Waals surface area contributed by atoms with Crippen LogP contribution < -0.4 is 9.47 Å². The summed E-state index contributed by atoms with van der Waals surface area (Å²) in [6.07, 6.45) is 4.63. The number of ketones is 1. The van der Waals surface area contributed by atoms with E-state index in [1.807, 2.05) is 0 Å². The van der Waals surface area contributed by atoms with Crippen LogP contribution in [0.3, 0.4) is 0 Å². The Hall–Kier alpha value is -4.07. The first-order valence-electron chi connectivity index (χ1n) is 9.48. The molecule has 2 aromatic heterocycles. The Bertz CT molecular complexity index is 1140. The van der Waals surface area contributed by atoms with E-state index in [9.17, 15) is 14.7 Å². The Morgan fingerprint density at radius 3 is 2.55 bits per heavy atom. The zero-order valence-electron chi connectivity index (χ0n) is 16.9. The molecule has 1 aliphatic rings. The second-order valence-corrected chi connectivity index (χ2v) is 6.85. The third kappa shape index (κ3) is 3.63. The summed E-state index contributed by atoms with van der Waals surface area (Å²) in [6, 6.07) is 10.8. The Balaban J connectivity index is 1.88. The number of benzene rings is 1. The second kappa shape index (κ2) is 8.35. The van der Waals surface area contributed by atoms with Crippen LogP contribution in [0.2, 0.25) is 0 Å². The van der Waals surface area contributed by atoms with Gasteiger partial charge in [0.25, 0.3) is 11.7 Å². The van der Waals surface area contributed by atoms with Crippen LogP contribution in [0.5, 0.6) is 11.5 Å². The molecule has 1 aromatic carbocycles. The lowest BCUT2D eigenvalue weighted by atomic mass is 9.95. The Morgan fingerprint density at radius 2 is 1.90 bits per heavy atom. The molecular weight excluding hydrogens is 400 g/mol. The van der Waals surface area contributed by atoms with Crippen LogP contribution in [0.4, 0.5) is 0 Å². The fourth-order valence-electron chi connectivity index (χ4n) is 3.65. The predicted octanol–water partition coefficient (Wildman–Crippen LogP) is 3.31. The number of carbonyl (C=O) groups excluding carboxylic acids is 2. The molecule has 0 aliphatic carbocycles. The number of aliphatic hydroxyl groups is 1. The lowest BCUT2D eigenvalue weighted by molar-refractivity contribution is -0.140. The molecule has 0 saturated carbocycles. The van der Waals surface area contributed by atoms with Crippen molar-refractivity contribution in [1.29, 1.82) is 0 Å². The number of likely N-dealkylation sites (tertiary alicyclic amines) is 1. The molecule has 1 atom stereocenters.